The van der Waals surface area contributed by atoms with Crippen LogP contribution >= 0.6 is 0 Å². The smallest absolute Gasteiger partial charge is 0.261 e. The van der Waals surface area contributed by atoms with Gasteiger partial charge in [-0.15, -0.1) is 0 Å². The fraction of sp³-hybridized carbons (Fsp3) is 0.556. The van der Waals surface area contributed by atoms with Crippen molar-refractivity contribution in [3.8, 4) is 0 Å². The van der Waals surface area contributed by atoms with Gasteiger partial charge in [-0.3, -0.25) is 9.36 Å². The number of nitrogens with one attached hydrogen (secondary N) is 1. The summed E-state index contributed by atoms with van der Waals surface area (Å²) in [6.07, 6.45) is 2.97. The molecule has 0 radical (unpaired) electrons. The summed E-state index contributed by atoms with van der Waals surface area (Å²) in [6, 6.07) is 7.64. The number of aromatic nitrogens is 2. The van der Waals surface area contributed by atoms with Crippen LogP contribution in [-0.4, -0.2) is 23.1 Å². The lowest BCUT2D eigenvalue weighted by atomic mass is 9.96. The molecule has 1 aromatic carbocycles. The average Bonchev–Trinajstić information content (AvgIpc) is 2.46. The molecule has 0 atom stereocenters. The van der Waals surface area contributed by atoms with E-state index in [0.717, 1.165) is 37.1 Å². The maximum Gasteiger partial charge on any atom is 0.261 e. The second kappa shape index (κ2) is 7.05. The monoisotopic (exact) mass is 301 g/mol. The van der Waals surface area contributed by atoms with Gasteiger partial charge in [0.05, 0.1) is 10.9 Å². The summed E-state index contributed by atoms with van der Waals surface area (Å²) < 4.78 is 1.88. The van der Waals surface area contributed by atoms with Gasteiger partial charge in [-0.05, 0) is 44.0 Å². The van der Waals surface area contributed by atoms with Crippen molar-refractivity contribution >= 4 is 10.9 Å². The largest absolute Gasteiger partial charge is 0.320 e. The van der Waals surface area contributed by atoms with E-state index < -0.39 is 0 Å². The number of fused-ring (bicyclic) bond motifs is 1. The average molecular weight is 301 g/mol. The number of para-hydroxylation sites is 1. The number of aryl methyl sites for hydroxylation is 1. The molecule has 0 fully saturated rings. The van der Waals surface area contributed by atoms with Crippen LogP contribution in [0.15, 0.2) is 29.1 Å². The third kappa shape index (κ3) is 4.17. The van der Waals surface area contributed by atoms with Gasteiger partial charge in [-0.2, -0.15) is 0 Å². The van der Waals surface area contributed by atoms with Gasteiger partial charge >= 0.3 is 0 Å². The van der Waals surface area contributed by atoms with Gasteiger partial charge in [0.15, 0.2) is 0 Å². The highest BCUT2D eigenvalue weighted by molar-refractivity contribution is 5.77. The molecule has 22 heavy (non-hydrogen) atoms. The van der Waals surface area contributed by atoms with Gasteiger partial charge < -0.3 is 5.32 Å². The van der Waals surface area contributed by atoms with Crippen LogP contribution in [-0.2, 0) is 13.0 Å². The molecule has 0 spiro atoms. The van der Waals surface area contributed by atoms with E-state index in [0.29, 0.717) is 11.9 Å². The number of benzene rings is 1. The summed E-state index contributed by atoms with van der Waals surface area (Å²) in [5, 5.41) is 3.87. The second-order valence-electron chi connectivity index (χ2n) is 7.06. The number of nitrogens with zero attached hydrogens (tertiary/aromatic N) is 2. The number of rotatable bonds is 6. The molecule has 2 aromatic rings. The minimum atomic E-state index is 0.0493. The molecule has 0 saturated carbocycles. The van der Waals surface area contributed by atoms with Crippen molar-refractivity contribution in [3.63, 3.8) is 0 Å². The zero-order chi connectivity index (χ0) is 16.2. The molecular weight excluding hydrogens is 274 g/mol. The van der Waals surface area contributed by atoms with Crippen molar-refractivity contribution in [2.45, 2.75) is 46.6 Å². The molecule has 2 rings (SSSR count). The topological polar surface area (TPSA) is 46.9 Å². The molecule has 0 saturated heterocycles. The minimum Gasteiger partial charge on any atom is -0.320 e. The molecule has 1 heterocycles. The molecule has 0 aliphatic heterocycles. The van der Waals surface area contributed by atoms with Gasteiger partial charge in [0.25, 0.3) is 5.56 Å². The van der Waals surface area contributed by atoms with Gasteiger partial charge in [0.2, 0.25) is 0 Å². The summed E-state index contributed by atoms with van der Waals surface area (Å²) in [5.41, 5.74) is 0.943. The number of hydrogen-bond donors (Lipinski definition) is 1. The molecule has 0 bridgehead atoms. The van der Waals surface area contributed by atoms with Crippen molar-refractivity contribution in [2.24, 2.45) is 5.41 Å². The van der Waals surface area contributed by atoms with Crippen LogP contribution < -0.4 is 10.9 Å². The molecule has 4 nitrogen and oxygen atoms in total. The van der Waals surface area contributed by atoms with E-state index in [1.807, 2.05) is 35.9 Å². The zero-order valence-electron chi connectivity index (χ0n) is 14.1. The Hall–Kier alpha value is -1.68. The summed E-state index contributed by atoms with van der Waals surface area (Å²) >= 11 is 0. The SMILES string of the molecule is CNCCCCc1nc2ccccc2c(=O)n1CC(C)(C)C. The quantitative estimate of drug-likeness (QED) is 0.834. The molecular formula is C18H27N3O. The van der Waals surface area contributed by atoms with Crippen LogP contribution in [0.2, 0.25) is 0 Å². The Labute approximate surface area is 132 Å². The van der Waals surface area contributed by atoms with Gasteiger partial charge in [0, 0.05) is 13.0 Å². The van der Waals surface area contributed by atoms with Gasteiger partial charge in [-0.25, -0.2) is 4.98 Å². The second-order valence-corrected chi connectivity index (χ2v) is 7.06. The molecule has 4 heteroatoms. The third-order valence-electron chi connectivity index (χ3n) is 3.65. The first-order chi connectivity index (χ1) is 10.4. The fourth-order valence-corrected chi connectivity index (χ4v) is 2.63. The molecule has 0 unspecified atom stereocenters. The van der Waals surface area contributed by atoms with Crippen LogP contribution in [0.4, 0.5) is 0 Å². The third-order valence-corrected chi connectivity index (χ3v) is 3.65. The standard InChI is InChI=1S/C18H27N3O/c1-18(2,3)13-21-16(11-7-8-12-19-4)20-15-10-6-5-9-14(15)17(21)22/h5-6,9-10,19H,7-8,11-13H2,1-4H3. The molecule has 120 valence electrons. The first-order valence-electron chi connectivity index (χ1n) is 8.05. The van der Waals surface area contributed by atoms with E-state index >= 15 is 0 Å². The predicted octanol–water partition coefficient (Wildman–Crippen LogP) is 2.98. The highest BCUT2D eigenvalue weighted by Gasteiger charge is 2.17. The lowest BCUT2D eigenvalue weighted by Gasteiger charge is -2.22. The molecule has 0 aliphatic rings. The molecule has 1 aromatic heterocycles. The Kier molecular flexibility index (Phi) is 5.35. The van der Waals surface area contributed by atoms with Crippen LogP contribution in [0.5, 0.6) is 0 Å². The van der Waals surface area contributed by atoms with E-state index in [1.165, 1.54) is 0 Å². The normalized spacial score (nSPS) is 12.0. The van der Waals surface area contributed by atoms with E-state index in [4.69, 9.17) is 4.98 Å². The number of unbranched alkanes of at least 4 members (excludes halogenated alkanes) is 1. The fourth-order valence-electron chi connectivity index (χ4n) is 2.63. The predicted molar refractivity (Wildman–Crippen MR) is 92.3 cm³/mol. The zero-order valence-corrected chi connectivity index (χ0v) is 14.1. The van der Waals surface area contributed by atoms with Crippen molar-refractivity contribution in [2.75, 3.05) is 13.6 Å². The lowest BCUT2D eigenvalue weighted by molar-refractivity contribution is 0.330. The summed E-state index contributed by atoms with van der Waals surface area (Å²) in [5.74, 6) is 0.912. The first kappa shape index (κ1) is 16.7. The Morgan fingerprint density at radius 2 is 1.91 bits per heavy atom. The van der Waals surface area contributed by atoms with Crippen molar-refractivity contribution in [1.82, 2.24) is 14.9 Å². The molecule has 1 N–H and O–H groups in total. The molecule has 0 aliphatic carbocycles. The van der Waals surface area contributed by atoms with E-state index in [-0.39, 0.29) is 11.0 Å². The maximum absolute atomic E-state index is 12.8. The van der Waals surface area contributed by atoms with Crippen molar-refractivity contribution in [3.05, 3.63) is 40.4 Å². The summed E-state index contributed by atoms with van der Waals surface area (Å²) in [4.78, 5) is 17.6. The minimum absolute atomic E-state index is 0.0493. The van der Waals surface area contributed by atoms with Crippen LogP contribution in [0.3, 0.4) is 0 Å². The van der Waals surface area contributed by atoms with E-state index in [1.54, 1.807) is 0 Å². The van der Waals surface area contributed by atoms with Crippen LogP contribution in [0, 0.1) is 5.41 Å². The van der Waals surface area contributed by atoms with Gasteiger partial charge in [-0.1, -0.05) is 32.9 Å². The van der Waals surface area contributed by atoms with Gasteiger partial charge in [0.1, 0.15) is 5.82 Å². The Morgan fingerprint density at radius 1 is 1.18 bits per heavy atom. The highest BCUT2D eigenvalue weighted by Crippen LogP contribution is 2.18. The molecule has 0 amide bonds. The number of hydrogen-bond acceptors (Lipinski definition) is 3. The summed E-state index contributed by atoms with van der Waals surface area (Å²) in [6.45, 7) is 8.15. The first-order valence-corrected chi connectivity index (χ1v) is 8.05. The maximum atomic E-state index is 12.8. The Morgan fingerprint density at radius 3 is 2.59 bits per heavy atom. The van der Waals surface area contributed by atoms with E-state index in [2.05, 4.69) is 26.1 Å². The van der Waals surface area contributed by atoms with E-state index in [9.17, 15) is 4.79 Å². The van der Waals surface area contributed by atoms with Crippen LogP contribution in [0.1, 0.15) is 39.4 Å². The Balaban J connectivity index is 2.41. The highest BCUT2D eigenvalue weighted by atomic mass is 16.1. The van der Waals surface area contributed by atoms with Crippen molar-refractivity contribution in [1.29, 1.82) is 0 Å². The van der Waals surface area contributed by atoms with Crippen molar-refractivity contribution < 1.29 is 0 Å². The Bertz CT molecular complexity index is 683. The van der Waals surface area contributed by atoms with Crippen LogP contribution in [0.25, 0.3) is 10.9 Å². The lowest BCUT2D eigenvalue weighted by Crippen LogP contribution is -2.30. The summed E-state index contributed by atoms with van der Waals surface area (Å²) in [7, 11) is 1.96.